The van der Waals surface area contributed by atoms with Crippen molar-refractivity contribution in [1.29, 1.82) is 0 Å². The number of rotatable bonds is 5. The van der Waals surface area contributed by atoms with Crippen LogP contribution in [0, 0.1) is 0 Å². The van der Waals surface area contributed by atoms with Gasteiger partial charge >= 0.3 is 0 Å². The molecule has 23 heavy (non-hydrogen) atoms. The van der Waals surface area contributed by atoms with Crippen molar-refractivity contribution in [3.63, 3.8) is 0 Å². The fourth-order valence-electron chi connectivity index (χ4n) is 2.07. The molecule has 0 saturated carbocycles. The van der Waals surface area contributed by atoms with Crippen LogP contribution in [0.25, 0.3) is 0 Å². The predicted molar refractivity (Wildman–Crippen MR) is 94.6 cm³/mol. The van der Waals surface area contributed by atoms with E-state index in [1.165, 1.54) is 10.5 Å². The molecule has 2 aromatic carbocycles. The topological polar surface area (TPSA) is 42.0 Å². The molecule has 0 aliphatic heterocycles. The van der Waals surface area contributed by atoms with E-state index in [2.05, 4.69) is 22.4 Å². The number of benzene rings is 2. The van der Waals surface area contributed by atoms with Gasteiger partial charge in [0, 0.05) is 28.7 Å². The second-order valence-corrected chi connectivity index (χ2v) is 6.04. The fraction of sp³-hybridized carbons (Fsp3) is 0.0526. The summed E-state index contributed by atoms with van der Waals surface area (Å²) < 4.78 is 0. The van der Waals surface area contributed by atoms with Crippen LogP contribution in [0.4, 0.5) is 5.69 Å². The maximum Gasteiger partial charge on any atom is 0.257 e. The Morgan fingerprint density at radius 2 is 1.74 bits per heavy atom. The summed E-state index contributed by atoms with van der Waals surface area (Å²) in [4.78, 5) is 17.3. The first-order chi connectivity index (χ1) is 11.3. The first kappa shape index (κ1) is 15.3. The lowest BCUT2D eigenvalue weighted by Crippen LogP contribution is -2.11. The van der Waals surface area contributed by atoms with E-state index in [0.29, 0.717) is 5.56 Å². The number of carbonyl (C=O) groups excluding carboxylic acids is 1. The molecule has 0 aliphatic carbocycles. The number of thioether (sulfide) groups is 1. The second kappa shape index (κ2) is 7.61. The molecule has 0 saturated heterocycles. The highest BCUT2D eigenvalue weighted by molar-refractivity contribution is 7.98. The quantitative estimate of drug-likeness (QED) is 0.697. The number of nitrogens with zero attached hydrogens (tertiary/aromatic N) is 1. The molecule has 114 valence electrons. The molecule has 0 fully saturated rings. The van der Waals surface area contributed by atoms with Gasteiger partial charge < -0.3 is 5.32 Å². The highest BCUT2D eigenvalue weighted by atomic mass is 32.2. The molecule has 1 amide bonds. The van der Waals surface area contributed by atoms with Gasteiger partial charge in [0.25, 0.3) is 5.91 Å². The van der Waals surface area contributed by atoms with E-state index in [9.17, 15) is 4.79 Å². The smallest absolute Gasteiger partial charge is 0.257 e. The SMILES string of the molecule is O=C(Nc1ccc(CSc2ccccc2)cc1)c1cccnc1. The van der Waals surface area contributed by atoms with Crippen LogP contribution in [-0.4, -0.2) is 10.9 Å². The maximum atomic E-state index is 12.1. The zero-order valence-electron chi connectivity index (χ0n) is 12.5. The fourth-order valence-corrected chi connectivity index (χ4v) is 2.94. The molecule has 0 bridgehead atoms. The Morgan fingerprint density at radius 3 is 2.43 bits per heavy atom. The zero-order chi connectivity index (χ0) is 15.9. The number of amides is 1. The largest absolute Gasteiger partial charge is 0.322 e. The minimum atomic E-state index is -0.149. The van der Waals surface area contributed by atoms with Crippen molar-refractivity contribution in [2.45, 2.75) is 10.6 Å². The molecule has 1 heterocycles. The van der Waals surface area contributed by atoms with Gasteiger partial charge in [-0.3, -0.25) is 9.78 Å². The number of anilines is 1. The average molecular weight is 320 g/mol. The number of nitrogens with one attached hydrogen (secondary N) is 1. The monoisotopic (exact) mass is 320 g/mol. The Labute approximate surface area is 139 Å². The van der Waals surface area contributed by atoms with Gasteiger partial charge in [-0.15, -0.1) is 11.8 Å². The van der Waals surface area contributed by atoms with Crippen LogP contribution in [0.1, 0.15) is 15.9 Å². The molecule has 3 rings (SSSR count). The van der Waals surface area contributed by atoms with Crippen molar-refractivity contribution in [2.24, 2.45) is 0 Å². The van der Waals surface area contributed by atoms with Gasteiger partial charge in [-0.05, 0) is 42.0 Å². The highest BCUT2D eigenvalue weighted by Gasteiger charge is 2.05. The second-order valence-electron chi connectivity index (χ2n) is 4.99. The van der Waals surface area contributed by atoms with Gasteiger partial charge in [-0.2, -0.15) is 0 Å². The molecule has 0 spiro atoms. The summed E-state index contributed by atoms with van der Waals surface area (Å²) >= 11 is 1.79. The van der Waals surface area contributed by atoms with Crippen molar-refractivity contribution in [1.82, 2.24) is 4.98 Å². The summed E-state index contributed by atoms with van der Waals surface area (Å²) in [6.07, 6.45) is 3.20. The summed E-state index contributed by atoms with van der Waals surface area (Å²) in [7, 11) is 0. The van der Waals surface area contributed by atoms with Gasteiger partial charge in [0.05, 0.1) is 5.56 Å². The third-order valence-electron chi connectivity index (χ3n) is 3.28. The standard InChI is InChI=1S/C19H16N2OS/c22-19(16-5-4-12-20-13-16)21-17-10-8-15(9-11-17)14-23-18-6-2-1-3-7-18/h1-13H,14H2,(H,21,22). The Balaban J connectivity index is 1.58. The molecule has 0 unspecified atom stereocenters. The maximum absolute atomic E-state index is 12.1. The third kappa shape index (κ3) is 4.44. The summed E-state index contributed by atoms with van der Waals surface area (Å²) in [6, 6.07) is 21.7. The molecule has 0 atom stereocenters. The van der Waals surface area contributed by atoms with Gasteiger partial charge in [0.1, 0.15) is 0 Å². The number of pyridine rings is 1. The summed E-state index contributed by atoms with van der Waals surface area (Å²) in [5.74, 6) is 0.755. The van der Waals surface area contributed by atoms with Crippen LogP contribution in [-0.2, 0) is 5.75 Å². The lowest BCUT2D eigenvalue weighted by Gasteiger charge is -2.06. The molecular formula is C19H16N2OS. The van der Waals surface area contributed by atoms with Crippen molar-refractivity contribution < 1.29 is 4.79 Å². The molecule has 4 heteroatoms. The number of carbonyl (C=O) groups is 1. The average Bonchev–Trinajstić information content (AvgIpc) is 2.63. The van der Waals surface area contributed by atoms with E-state index in [1.807, 2.05) is 42.5 Å². The van der Waals surface area contributed by atoms with Crippen LogP contribution in [0.5, 0.6) is 0 Å². The molecule has 1 N–H and O–H groups in total. The first-order valence-electron chi connectivity index (χ1n) is 7.29. The first-order valence-corrected chi connectivity index (χ1v) is 8.28. The van der Waals surface area contributed by atoms with E-state index < -0.39 is 0 Å². The Morgan fingerprint density at radius 1 is 0.957 bits per heavy atom. The number of hydrogen-bond acceptors (Lipinski definition) is 3. The van der Waals surface area contributed by atoms with Gasteiger partial charge in [-0.25, -0.2) is 0 Å². The molecular weight excluding hydrogens is 304 g/mol. The van der Waals surface area contributed by atoms with Crippen molar-refractivity contribution >= 4 is 23.4 Å². The Hall–Kier alpha value is -2.59. The summed E-state index contributed by atoms with van der Waals surface area (Å²) in [5.41, 5.74) is 2.56. The zero-order valence-corrected chi connectivity index (χ0v) is 13.3. The Kier molecular flexibility index (Phi) is 5.06. The van der Waals surface area contributed by atoms with E-state index in [1.54, 1.807) is 36.3 Å². The van der Waals surface area contributed by atoms with Crippen molar-refractivity contribution in [2.75, 3.05) is 5.32 Å². The van der Waals surface area contributed by atoms with Gasteiger partial charge in [0.2, 0.25) is 0 Å². The molecule has 0 radical (unpaired) electrons. The van der Waals surface area contributed by atoms with Gasteiger partial charge in [-0.1, -0.05) is 30.3 Å². The van der Waals surface area contributed by atoms with Crippen LogP contribution >= 0.6 is 11.8 Å². The summed E-state index contributed by atoms with van der Waals surface area (Å²) in [6.45, 7) is 0. The molecule has 3 aromatic rings. The van der Waals surface area contributed by atoms with E-state index in [0.717, 1.165) is 11.4 Å². The number of aromatic nitrogens is 1. The van der Waals surface area contributed by atoms with Crippen molar-refractivity contribution in [3.05, 3.63) is 90.3 Å². The van der Waals surface area contributed by atoms with Crippen LogP contribution in [0.15, 0.2) is 84.0 Å². The van der Waals surface area contributed by atoms with E-state index >= 15 is 0 Å². The van der Waals surface area contributed by atoms with E-state index in [-0.39, 0.29) is 5.91 Å². The summed E-state index contributed by atoms with van der Waals surface area (Å²) in [5, 5.41) is 2.87. The number of hydrogen-bond donors (Lipinski definition) is 1. The van der Waals surface area contributed by atoms with Crippen LogP contribution < -0.4 is 5.32 Å². The molecule has 1 aromatic heterocycles. The lowest BCUT2D eigenvalue weighted by molar-refractivity contribution is 0.102. The Bertz CT molecular complexity index is 758. The lowest BCUT2D eigenvalue weighted by atomic mass is 10.2. The van der Waals surface area contributed by atoms with E-state index in [4.69, 9.17) is 0 Å². The van der Waals surface area contributed by atoms with Crippen molar-refractivity contribution in [3.8, 4) is 0 Å². The predicted octanol–water partition coefficient (Wildman–Crippen LogP) is 4.63. The minimum absolute atomic E-state index is 0.149. The molecule has 0 aliphatic rings. The third-order valence-corrected chi connectivity index (χ3v) is 4.37. The van der Waals surface area contributed by atoms with Gasteiger partial charge in [0.15, 0.2) is 0 Å². The van der Waals surface area contributed by atoms with Crippen LogP contribution in [0.3, 0.4) is 0 Å². The van der Waals surface area contributed by atoms with Crippen LogP contribution in [0.2, 0.25) is 0 Å². The normalized spacial score (nSPS) is 10.3. The minimum Gasteiger partial charge on any atom is -0.322 e. The highest BCUT2D eigenvalue weighted by Crippen LogP contribution is 2.23. The molecule has 3 nitrogen and oxygen atoms in total.